The Hall–Kier alpha value is -2.08. The van der Waals surface area contributed by atoms with Gasteiger partial charge in [0.15, 0.2) is 0 Å². The molecule has 0 amide bonds. The molecule has 0 nitrogen and oxygen atoms in total. The van der Waals surface area contributed by atoms with Crippen LogP contribution in [-0.2, 0) is 0 Å². The molecule has 1 atom stereocenters. The standard InChI is InChI=1S/C34H46/c1-3-5-7-9-27-11-15-29(16-12-27)31-19-23-33(24-20-31)34-25-21-32(22-26-34)30-17-13-28(14-18-30)10-8-6-4-2/h3,5,11,19-26,28-30H,4,6-10,12-18H2,1-2H3/b5-3+. The molecular weight excluding hydrogens is 408 g/mol. The fraction of sp³-hybridized carbons (Fsp3) is 0.529. The van der Waals surface area contributed by atoms with Crippen molar-refractivity contribution in [2.45, 2.75) is 109 Å². The van der Waals surface area contributed by atoms with Gasteiger partial charge < -0.3 is 0 Å². The molecule has 34 heavy (non-hydrogen) atoms. The monoisotopic (exact) mass is 454 g/mol. The summed E-state index contributed by atoms with van der Waals surface area (Å²) in [5.41, 5.74) is 7.45. The Bertz CT molecular complexity index is 904. The van der Waals surface area contributed by atoms with E-state index in [0.29, 0.717) is 5.92 Å². The lowest BCUT2D eigenvalue weighted by atomic mass is 9.77. The maximum Gasteiger partial charge on any atom is -0.0124 e. The van der Waals surface area contributed by atoms with Crippen LogP contribution in [0.4, 0.5) is 0 Å². The third-order valence-electron chi connectivity index (χ3n) is 8.53. The van der Waals surface area contributed by atoms with E-state index in [1.807, 2.05) is 0 Å². The van der Waals surface area contributed by atoms with E-state index in [2.05, 4.69) is 80.6 Å². The Kier molecular flexibility index (Phi) is 9.66. The summed E-state index contributed by atoms with van der Waals surface area (Å²) in [6, 6.07) is 19.0. The topological polar surface area (TPSA) is 0 Å². The lowest BCUT2D eigenvalue weighted by Crippen LogP contribution is -2.13. The summed E-state index contributed by atoms with van der Waals surface area (Å²) in [6.07, 6.45) is 24.5. The molecule has 2 aliphatic carbocycles. The van der Waals surface area contributed by atoms with Gasteiger partial charge in [0.1, 0.15) is 0 Å². The zero-order valence-electron chi connectivity index (χ0n) is 21.8. The zero-order valence-corrected chi connectivity index (χ0v) is 21.8. The Morgan fingerprint density at radius 1 is 0.765 bits per heavy atom. The van der Waals surface area contributed by atoms with Crippen LogP contribution in [0.3, 0.4) is 0 Å². The first kappa shape index (κ1) is 25.0. The average Bonchev–Trinajstić information content (AvgIpc) is 2.90. The molecule has 2 aromatic rings. The van der Waals surface area contributed by atoms with Gasteiger partial charge in [-0.3, -0.25) is 0 Å². The molecule has 2 aromatic carbocycles. The summed E-state index contributed by atoms with van der Waals surface area (Å²) >= 11 is 0. The second kappa shape index (κ2) is 13.1. The number of benzene rings is 2. The molecule has 0 aromatic heterocycles. The average molecular weight is 455 g/mol. The van der Waals surface area contributed by atoms with Crippen LogP contribution >= 0.6 is 0 Å². The molecule has 1 saturated carbocycles. The Balaban J connectivity index is 1.28. The predicted octanol–water partition coefficient (Wildman–Crippen LogP) is 10.8. The van der Waals surface area contributed by atoms with Crippen molar-refractivity contribution in [3.8, 4) is 11.1 Å². The molecule has 0 saturated heterocycles. The van der Waals surface area contributed by atoms with Crippen molar-refractivity contribution in [3.63, 3.8) is 0 Å². The van der Waals surface area contributed by atoms with E-state index < -0.39 is 0 Å². The molecule has 4 rings (SSSR count). The predicted molar refractivity (Wildman–Crippen MR) is 149 cm³/mol. The van der Waals surface area contributed by atoms with Gasteiger partial charge in [0.05, 0.1) is 0 Å². The van der Waals surface area contributed by atoms with Crippen LogP contribution in [0, 0.1) is 5.92 Å². The minimum absolute atomic E-state index is 0.694. The smallest absolute Gasteiger partial charge is 0.0124 e. The molecule has 0 spiro atoms. The van der Waals surface area contributed by atoms with E-state index in [4.69, 9.17) is 0 Å². The summed E-state index contributed by atoms with van der Waals surface area (Å²) < 4.78 is 0. The lowest BCUT2D eigenvalue weighted by molar-refractivity contribution is 0.303. The first-order valence-corrected chi connectivity index (χ1v) is 14.3. The maximum absolute atomic E-state index is 2.52. The van der Waals surface area contributed by atoms with Gasteiger partial charge in [-0.15, -0.1) is 0 Å². The summed E-state index contributed by atoms with van der Waals surface area (Å²) in [6.45, 7) is 4.43. The highest BCUT2D eigenvalue weighted by Crippen LogP contribution is 2.39. The first-order chi connectivity index (χ1) is 16.8. The molecule has 0 bridgehead atoms. The van der Waals surface area contributed by atoms with E-state index in [9.17, 15) is 0 Å². The molecule has 1 unspecified atom stereocenters. The molecule has 1 fully saturated rings. The van der Waals surface area contributed by atoms with Crippen molar-refractivity contribution in [2.24, 2.45) is 5.92 Å². The number of unbranched alkanes of at least 4 members (excludes halogenated alkanes) is 2. The molecule has 0 N–H and O–H groups in total. The van der Waals surface area contributed by atoms with Crippen molar-refractivity contribution in [1.82, 2.24) is 0 Å². The summed E-state index contributed by atoms with van der Waals surface area (Å²) in [7, 11) is 0. The first-order valence-electron chi connectivity index (χ1n) is 14.3. The normalized spacial score (nSPS) is 23.2. The quantitative estimate of drug-likeness (QED) is 0.247. The second-order valence-corrected chi connectivity index (χ2v) is 10.9. The van der Waals surface area contributed by atoms with E-state index in [1.54, 1.807) is 11.1 Å². The third kappa shape index (κ3) is 6.97. The minimum atomic E-state index is 0.694. The minimum Gasteiger partial charge on any atom is -0.0917 e. The second-order valence-electron chi connectivity index (χ2n) is 10.9. The van der Waals surface area contributed by atoms with E-state index in [-0.39, 0.29) is 0 Å². The summed E-state index contributed by atoms with van der Waals surface area (Å²) in [5, 5.41) is 0. The number of rotatable bonds is 10. The van der Waals surface area contributed by atoms with Gasteiger partial charge in [0.25, 0.3) is 0 Å². The van der Waals surface area contributed by atoms with Crippen molar-refractivity contribution in [3.05, 3.63) is 83.5 Å². The van der Waals surface area contributed by atoms with Crippen molar-refractivity contribution < 1.29 is 0 Å². The van der Waals surface area contributed by atoms with Crippen LogP contribution in [0.25, 0.3) is 11.1 Å². The van der Waals surface area contributed by atoms with Crippen molar-refractivity contribution in [1.29, 1.82) is 0 Å². The highest BCUT2D eigenvalue weighted by molar-refractivity contribution is 5.64. The van der Waals surface area contributed by atoms with Crippen LogP contribution in [0.1, 0.15) is 120 Å². The Morgan fingerprint density at radius 2 is 1.41 bits per heavy atom. The number of allylic oxidation sites excluding steroid dienone is 4. The Labute approximate surface area is 209 Å². The van der Waals surface area contributed by atoms with Gasteiger partial charge in [0, 0.05) is 0 Å². The van der Waals surface area contributed by atoms with Gasteiger partial charge >= 0.3 is 0 Å². The van der Waals surface area contributed by atoms with Crippen LogP contribution < -0.4 is 0 Å². The number of hydrogen-bond donors (Lipinski definition) is 0. The van der Waals surface area contributed by atoms with Gasteiger partial charge in [-0.1, -0.05) is 105 Å². The van der Waals surface area contributed by atoms with E-state index in [1.165, 1.54) is 100 Å². The Morgan fingerprint density at radius 3 is 1.97 bits per heavy atom. The maximum atomic E-state index is 2.52. The molecule has 0 heterocycles. The van der Waals surface area contributed by atoms with E-state index in [0.717, 1.165) is 11.8 Å². The molecule has 2 aliphatic rings. The fourth-order valence-corrected chi connectivity index (χ4v) is 6.22. The van der Waals surface area contributed by atoms with Gasteiger partial charge in [0.2, 0.25) is 0 Å². The molecule has 0 aliphatic heterocycles. The van der Waals surface area contributed by atoms with E-state index >= 15 is 0 Å². The molecule has 0 radical (unpaired) electrons. The van der Waals surface area contributed by atoms with Crippen molar-refractivity contribution >= 4 is 0 Å². The molecule has 0 heteroatoms. The largest absolute Gasteiger partial charge is 0.0917 e. The van der Waals surface area contributed by atoms with Gasteiger partial charge in [-0.25, -0.2) is 0 Å². The summed E-state index contributed by atoms with van der Waals surface area (Å²) in [5.74, 6) is 2.46. The lowest BCUT2D eigenvalue weighted by Gasteiger charge is -2.29. The summed E-state index contributed by atoms with van der Waals surface area (Å²) in [4.78, 5) is 0. The fourth-order valence-electron chi connectivity index (χ4n) is 6.22. The number of hydrogen-bond acceptors (Lipinski definition) is 0. The van der Waals surface area contributed by atoms with Crippen LogP contribution in [-0.4, -0.2) is 0 Å². The van der Waals surface area contributed by atoms with Gasteiger partial charge in [-0.2, -0.15) is 0 Å². The van der Waals surface area contributed by atoms with Crippen LogP contribution in [0.15, 0.2) is 72.3 Å². The highest BCUT2D eigenvalue weighted by atomic mass is 14.3. The van der Waals surface area contributed by atoms with Gasteiger partial charge in [-0.05, 0) is 105 Å². The van der Waals surface area contributed by atoms with Crippen molar-refractivity contribution in [2.75, 3.05) is 0 Å². The van der Waals surface area contributed by atoms with Crippen LogP contribution in [0.2, 0.25) is 0 Å². The highest BCUT2D eigenvalue weighted by Gasteiger charge is 2.22. The van der Waals surface area contributed by atoms with Crippen LogP contribution in [0.5, 0.6) is 0 Å². The third-order valence-corrected chi connectivity index (χ3v) is 8.53. The molecule has 182 valence electrons. The molecular formula is C34H46. The SMILES string of the molecule is C/C=C/CCC1=CCC(c2ccc(-c3ccc(C4CCC(CCCCC)CC4)cc3)cc2)CC1. The zero-order chi connectivity index (χ0) is 23.6.